The topological polar surface area (TPSA) is 39.7 Å². The van der Waals surface area contributed by atoms with Crippen molar-refractivity contribution in [1.82, 2.24) is 15.5 Å². The van der Waals surface area contributed by atoms with E-state index in [4.69, 9.17) is 0 Å². The standard InChI is InChI=1S/C20H28N4S/c1-16-7-9-17(10-8-16)14-22-20(21-2)23-15-18(19-6-5-13-25-19)24-11-3-4-12-24/h5-10,13,18H,3-4,11-12,14-15H2,1-2H3,(H2,21,22,23). The van der Waals surface area contributed by atoms with Gasteiger partial charge in [-0.3, -0.25) is 9.89 Å². The molecule has 3 rings (SSSR count). The van der Waals surface area contributed by atoms with E-state index in [1.165, 1.54) is 41.9 Å². The quantitative estimate of drug-likeness (QED) is 0.614. The van der Waals surface area contributed by atoms with E-state index in [1.807, 2.05) is 18.4 Å². The van der Waals surface area contributed by atoms with Crippen LogP contribution in [0.15, 0.2) is 46.8 Å². The van der Waals surface area contributed by atoms with Crippen LogP contribution in [0.4, 0.5) is 0 Å². The smallest absolute Gasteiger partial charge is 0.191 e. The molecule has 134 valence electrons. The van der Waals surface area contributed by atoms with Gasteiger partial charge in [0, 0.05) is 25.0 Å². The largest absolute Gasteiger partial charge is 0.354 e. The maximum Gasteiger partial charge on any atom is 0.191 e. The van der Waals surface area contributed by atoms with Crippen molar-refractivity contribution in [3.8, 4) is 0 Å². The second-order valence-corrected chi connectivity index (χ2v) is 7.55. The number of benzene rings is 1. The Balaban J connectivity index is 1.55. The van der Waals surface area contributed by atoms with E-state index in [0.29, 0.717) is 6.04 Å². The highest BCUT2D eigenvalue weighted by Crippen LogP contribution is 2.27. The molecule has 0 spiro atoms. The third-order valence-electron chi connectivity index (χ3n) is 4.72. The number of nitrogens with one attached hydrogen (secondary N) is 2. The van der Waals surface area contributed by atoms with Crippen LogP contribution in [0.25, 0.3) is 0 Å². The van der Waals surface area contributed by atoms with Crippen molar-refractivity contribution in [3.05, 3.63) is 57.8 Å². The summed E-state index contributed by atoms with van der Waals surface area (Å²) >= 11 is 1.85. The number of nitrogens with zero attached hydrogens (tertiary/aromatic N) is 2. The van der Waals surface area contributed by atoms with Crippen molar-refractivity contribution in [3.63, 3.8) is 0 Å². The third kappa shape index (κ3) is 5.06. The van der Waals surface area contributed by atoms with E-state index in [1.54, 1.807) is 0 Å². The molecule has 1 fully saturated rings. The number of aryl methyl sites for hydroxylation is 1. The first kappa shape index (κ1) is 18.0. The minimum atomic E-state index is 0.431. The minimum Gasteiger partial charge on any atom is -0.354 e. The van der Waals surface area contributed by atoms with Gasteiger partial charge in [0.05, 0.1) is 6.04 Å². The van der Waals surface area contributed by atoms with E-state index in [0.717, 1.165) is 19.0 Å². The van der Waals surface area contributed by atoms with Gasteiger partial charge in [-0.05, 0) is 49.9 Å². The Morgan fingerprint density at radius 3 is 2.56 bits per heavy atom. The molecule has 4 nitrogen and oxygen atoms in total. The first-order chi connectivity index (χ1) is 12.3. The van der Waals surface area contributed by atoms with E-state index < -0.39 is 0 Å². The molecule has 0 amide bonds. The van der Waals surface area contributed by atoms with Crippen molar-refractivity contribution in [1.29, 1.82) is 0 Å². The van der Waals surface area contributed by atoms with Crippen LogP contribution >= 0.6 is 11.3 Å². The van der Waals surface area contributed by atoms with Crippen molar-refractivity contribution >= 4 is 17.3 Å². The Morgan fingerprint density at radius 2 is 1.92 bits per heavy atom. The van der Waals surface area contributed by atoms with Crippen LogP contribution in [0.1, 0.15) is 34.9 Å². The van der Waals surface area contributed by atoms with Crippen LogP contribution in [-0.4, -0.2) is 37.5 Å². The molecule has 0 radical (unpaired) electrons. The summed E-state index contributed by atoms with van der Waals surface area (Å²) in [5.41, 5.74) is 2.55. The predicted molar refractivity (Wildman–Crippen MR) is 107 cm³/mol. The van der Waals surface area contributed by atoms with E-state index in [2.05, 4.69) is 69.2 Å². The maximum atomic E-state index is 4.38. The molecule has 1 aliphatic heterocycles. The fourth-order valence-corrected chi connectivity index (χ4v) is 4.11. The van der Waals surface area contributed by atoms with Gasteiger partial charge in [0.1, 0.15) is 0 Å². The zero-order chi connectivity index (χ0) is 17.5. The zero-order valence-electron chi connectivity index (χ0n) is 15.2. The Kier molecular flexibility index (Phi) is 6.48. The molecule has 5 heteroatoms. The molecule has 1 unspecified atom stereocenters. The first-order valence-electron chi connectivity index (χ1n) is 9.04. The highest BCUT2D eigenvalue weighted by molar-refractivity contribution is 7.10. The molecule has 1 saturated heterocycles. The van der Waals surface area contributed by atoms with Crippen LogP contribution < -0.4 is 10.6 Å². The normalized spacial score (nSPS) is 16.8. The van der Waals surface area contributed by atoms with E-state index in [9.17, 15) is 0 Å². The van der Waals surface area contributed by atoms with Crippen LogP contribution in [0.3, 0.4) is 0 Å². The highest BCUT2D eigenvalue weighted by atomic mass is 32.1. The van der Waals surface area contributed by atoms with E-state index in [-0.39, 0.29) is 0 Å². The summed E-state index contributed by atoms with van der Waals surface area (Å²) < 4.78 is 0. The van der Waals surface area contributed by atoms with Crippen LogP contribution in [0.5, 0.6) is 0 Å². The maximum absolute atomic E-state index is 4.38. The summed E-state index contributed by atoms with van der Waals surface area (Å²) in [7, 11) is 1.83. The predicted octanol–water partition coefficient (Wildman–Crippen LogP) is 3.56. The molecule has 1 aliphatic rings. The Morgan fingerprint density at radius 1 is 1.16 bits per heavy atom. The second kappa shape index (κ2) is 9.02. The Bertz CT molecular complexity index is 658. The first-order valence-corrected chi connectivity index (χ1v) is 9.92. The molecule has 2 aromatic rings. The Labute approximate surface area is 155 Å². The summed E-state index contributed by atoms with van der Waals surface area (Å²) in [4.78, 5) is 8.40. The second-order valence-electron chi connectivity index (χ2n) is 6.57. The van der Waals surface area contributed by atoms with Gasteiger partial charge >= 0.3 is 0 Å². The fraction of sp³-hybridized carbons (Fsp3) is 0.450. The van der Waals surface area contributed by atoms with Crippen molar-refractivity contribution in [2.75, 3.05) is 26.7 Å². The van der Waals surface area contributed by atoms with Gasteiger partial charge < -0.3 is 10.6 Å². The van der Waals surface area contributed by atoms with Gasteiger partial charge in [0.15, 0.2) is 5.96 Å². The molecule has 0 bridgehead atoms. The molecular weight excluding hydrogens is 328 g/mol. The fourth-order valence-electron chi connectivity index (χ4n) is 3.25. The van der Waals surface area contributed by atoms with Crippen molar-refractivity contribution in [2.24, 2.45) is 4.99 Å². The highest BCUT2D eigenvalue weighted by Gasteiger charge is 2.24. The number of hydrogen-bond acceptors (Lipinski definition) is 3. The number of aliphatic imine (C=N–C) groups is 1. The molecule has 1 aromatic heterocycles. The number of guanidine groups is 1. The molecular formula is C20H28N4S. The van der Waals surface area contributed by atoms with Gasteiger partial charge in [0.2, 0.25) is 0 Å². The minimum absolute atomic E-state index is 0.431. The monoisotopic (exact) mass is 356 g/mol. The summed E-state index contributed by atoms with van der Waals surface area (Å²) in [6, 6.07) is 13.4. The zero-order valence-corrected chi connectivity index (χ0v) is 16.0. The number of thiophene rings is 1. The van der Waals surface area contributed by atoms with Crippen LogP contribution in [0, 0.1) is 6.92 Å². The number of likely N-dealkylation sites (tertiary alicyclic amines) is 1. The SMILES string of the molecule is CN=C(NCc1ccc(C)cc1)NCC(c1cccs1)N1CCCC1. The lowest BCUT2D eigenvalue weighted by molar-refractivity contribution is 0.249. The summed E-state index contributed by atoms with van der Waals surface area (Å²) in [6.45, 7) is 6.17. The molecule has 1 atom stereocenters. The van der Waals surface area contributed by atoms with Crippen molar-refractivity contribution in [2.45, 2.75) is 32.4 Å². The van der Waals surface area contributed by atoms with Gasteiger partial charge in [-0.15, -0.1) is 11.3 Å². The average Bonchev–Trinajstić information content (AvgIpc) is 3.33. The third-order valence-corrected chi connectivity index (χ3v) is 5.69. The summed E-state index contributed by atoms with van der Waals surface area (Å²) in [5, 5.41) is 9.11. The van der Waals surface area contributed by atoms with Gasteiger partial charge in [0.25, 0.3) is 0 Å². The number of rotatable bonds is 6. The molecule has 2 heterocycles. The lowest BCUT2D eigenvalue weighted by Gasteiger charge is -2.27. The van der Waals surface area contributed by atoms with Gasteiger partial charge in [-0.2, -0.15) is 0 Å². The molecule has 0 saturated carbocycles. The molecule has 1 aromatic carbocycles. The lowest BCUT2D eigenvalue weighted by atomic mass is 10.1. The average molecular weight is 357 g/mol. The Hall–Kier alpha value is -1.85. The van der Waals surface area contributed by atoms with E-state index >= 15 is 0 Å². The van der Waals surface area contributed by atoms with Gasteiger partial charge in [-0.1, -0.05) is 35.9 Å². The molecule has 0 aliphatic carbocycles. The van der Waals surface area contributed by atoms with Crippen LogP contribution in [0.2, 0.25) is 0 Å². The molecule has 2 N–H and O–H groups in total. The van der Waals surface area contributed by atoms with Gasteiger partial charge in [-0.25, -0.2) is 0 Å². The summed E-state index contributed by atoms with van der Waals surface area (Å²) in [6.07, 6.45) is 2.62. The molecule has 25 heavy (non-hydrogen) atoms. The number of hydrogen-bond donors (Lipinski definition) is 2. The lowest BCUT2D eigenvalue weighted by Crippen LogP contribution is -2.42. The van der Waals surface area contributed by atoms with Crippen LogP contribution in [-0.2, 0) is 6.54 Å². The summed E-state index contributed by atoms with van der Waals surface area (Å²) in [5.74, 6) is 0.862. The van der Waals surface area contributed by atoms with Crippen molar-refractivity contribution < 1.29 is 0 Å².